The maximum absolute atomic E-state index is 4.58. The van der Waals surface area contributed by atoms with E-state index in [0.717, 1.165) is 53.4 Å². The monoisotopic (exact) mass is 348 g/mol. The van der Waals surface area contributed by atoms with Crippen LogP contribution in [0.2, 0.25) is 0 Å². The highest BCUT2D eigenvalue weighted by molar-refractivity contribution is 9.10. The molecule has 0 fully saturated rings. The van der Waals surface area contributed by atoms with E-state index in [4.69, 9.17) is 0 Å². The van der Waals surface area contributed by atoms with Gasteiger partial charge in [-0.05, 0) is 31.0 Å². The van der Waals surface area contributed by atoms with Crippen LogP contribution in [0.4, 0.5) is 17.3 Å². The van der Waals surface area contributed by atoms with Crippen molar-refractivity contribution in [3.8, 4) is 0 Å². The highest BCUT2D eigenvalue weighted by Gasteiger charge is 2.05. The fourth-order valence-electron chi connectivity index (χ4n) is 1.95. The molecule has 0 radical (unpaired) electrons. The highest BCUT2D eigenvalue weighted by Crippen LogP contribution is 2.21. The predicted octanol–water partition coefficient (Wildman–Crippen LogP) is 4.76. The van der Waals surface area contributed by atoms with E-state index in [1.54, 1.807) is 0 Å². The first-order valence-corrected chi connectivity index (χ1v) is 8.15. The van der Waals surface area contributed by atoms with Crippen molar-refractivity contribution < 1.29 is 0 Å². The Bertz CT molecular complexity index is 586. The minimum absolute atomic E-state index is 0.824. The summed E-state index contributed by atoms with van der Waals surface area (Å²) in [5.74, 6) is 2.58. The van der Waals surface area contributed by atoms with Crippen molar-refractivity contribution in [3.63, 3.8) is 0 Å². The maximum atomic E-state index is 4.58. The van der Waals surface area contributed by atoms with Crippen molar-refractivity contribution in [1.29, 1.82) is 0 Å². The molecule has 0 spiro atoms. The van der Waals surface area contributed by atoms with Crippen LogP contribution in [0.1, 0.15) is 32.5 Å². The smallest absolute Gasteiger partial charge is 0.136 e. The molecule has 21 heavy (non-hydrogen) atoms. The number of hydrogen-bond donors (Lipinski definition) is 2. The van der Waals surface area contributed by atoms with Crippen LogP contribution in [0.25, 0.3) is 0 Å². The third-order valence-corrected chi connectivity index (χ3v) is 3.39. The lowest BCUT2D eigenvalue weighted by Gasteiger charge is -2.11. The summed E-state index contributed by atoms with van der Waals surface area (Å²) in [7, 11) is 0. The van der Waals surface area contributed by atoms with Crippen molar-refractivity contribution in [2.75, 3.05) is 17.2 Å². The fraction of sp³-hybridized carbons (Fsp3) is 0.375. The standard InChI is InChI=1S/C16H21BrN4/c1-3-6-14-20-15(18-9-4-2)11-16(21-14)19-13-8-5-7-12(17)10-13/h5,7-8,10-11H,3-4,6,9H2,1-2H3,(H2,18,19,20,21). The molecule has 0 bridgehead atoms. The summed E-state index contributed by atoms with van der Waals surface area (Å²) in [6.45, 7) is 5.19. The van der Waals surface area contributed by atoms with Gasteiger partial charge in [-0.3, -0.25) is 0 Å². The Hall–Kier alpha value is -1.62. The minimum Gasteiger partial charge on any atom is -0.370 e. The zero-order valence-corrected chi connectivity index (χ0v) is 14.1. The molecule has 4 nitrogen and oxygen atoms in total. The molecule has 1 aromatic carbocycles. The third kappa shape index (κ3) is 5.01. The van der Waals surface area contributed by atoms with Crippen molar-refractivity contribution in [3.05, 3.63) is 40.6 Å². The molecule has 0 atom stereocenters. The van der Waals surface area contributed by atoms with Gasteiger partial charge in [-0.2, -0.15) is 0 Å². The average Bonchev–Trinajstić information content (AvgIpc) is 2.45. The topological polar surface area (TPSA) is 49.8 Å². The van der Waals surface area contributed by atoms with Crippen molar-refractivity contribution in [2.45, 2.75) is 33.1 Å². The summed E-state index contributed by atoms with van der Waals surface area (Å²) >= 11 is 3.48. The molecule has 5 heteroatoms. The zero-order chi connectivity index (χ0) is 15.1. The first-order chi connectivity index (χ1) is 10.2. The molecule has 0 amide bonds. The molecule has 0 aliphatic rings. The Morgan fingerprint density at radius 2 is 1.86 bits per heavy atom. The van der Waals surface area contributed by atoms with Crippen molar-refractivity contribution in [1.82, 2.24) is 9.97 Å². The molecule has 0 saturated heterocycles. The molecule has 2 rings (SSSR count). The van der Waals surface area contributed by atoms with E-state index in [2.05, 4.69) is 50.4 Å². The number of nitrogens with zero attached hydrogens (tertiary/aromatic N) is 2. The lowest BCUT2D eigenvalue weighted by Crippen LogP contribution is -2.07. The van der Waals surface area contributed by atoms with Gasteiger partial charge in [0.05, 0.1) is 0 Å². The Kier molecular flexibility index (Phi) is 5.99. The molecule has 2 N–H and O–H groups in total. The minimum atomic E-state index is 0.824. The summed E-state index contributed by atoms with van der Waals surface area (Å²) in [6.07, 6.45) is 2.99. The van der Waals surface area contributed by atoms with Crippen LogP contribution in [0.5, 0.6) is 0 Å². The van der Waals surface area contributed by atoms with E-state index in [0.29, 0.717) is 0 Å². The van der Waals surface area contributed by atoms with E-state index in [1.807, 2.05) is 30.3 Å². The lowest BCUT2D eigenvalue weighted by molar-refractivity contribution is 0.834. The van der Waals surface area contributed by atoms with Gasteiger partial charge in [0.1, 0.15) is 17.5 Å². The molecule has 1 heterocycles. The average molecular weight is 349 g/mol. The van der Waals surface area contributed by atoms with Crippen LogP contribution in [-0.4, -0.2) is 16.5 Å². The molecule has 2 aromatic rings. The number of hydrogen-bond acceptors (Lipinski definition) is 4. The number of aryl methyl sites for hydroxylation is 1. The SMILES string of the molecule is CCCNc1cc(Nc2cccc(Br)c2)nc(CCC)n1. The summed E-state index contributed by atoms with van der Waals surface area (Å²) in [4.78, 5) is 9.13. The van der Waals surface area contributed by atoms with Crippen LogP contribution in [0.15, 0.2) is 34.8 Å². The van der Waals surface area contributed by atoms with Crippen LogP contribution in [0, 0.1) is 0 Å². The van der Waals surface area contributed by atoms with E-state index < -0.39 is 0 Å². The number of anilines is 3. The Morgan fingerprint density at radius 1 is 1.05 bits per heavy atom. The predicted molar refractivity (Wildman–Crippen MR) is 92.2 cm³/mol. The normalized spacial score (nSPS) is 10.4. The van der Waals surface area contributed by atoms with E-state index in [9.17, 15) is 0 Å². The molecule has 0 saturated carbocycles. The molecular formula is C16H21BrN4. The summed E-state index contributed by atoms with van der Waals surface area (Å²) in [6, 6.07) is 10.0. The number of halogens is 1. The zero-order valence-electron chi connectivity index (χ0n) is 12.5. The van der Waals surface area contributed by atoms with Gasteiger partial charge in [0, 0.05) is 29.2 Å². The second-order valence-electron chi connectivity index (χ2n) is 4.87. The van der Waals surface area contributed by atoms with Gasteiger partial charge in [0.15, 0.2) is 0 Å². The Morgan fingerprint density at radius 3 is 2.57 bits per heavy atom. The Balaban J connectivity index is 2.22. The maximum Gasteiger partial charge on any atom is 0.136 e. The molecule has 1 aromatic heterocycles. The second kappa shape index (κ2) is 7.98. The van der Waals surface area contributed by atoms with E-state index in [1.165, 1.54) is 0 Å². The molecule has 112 valence electrons. The van der Waals surface area contributed by atoms with E-state index >= 15 is 0 Å². The van der Waals surface area contributed by atoms with Crippen molar-refractivity contribution in [2.24, 2.45) is 0 Å². The first-order valence-electron chi connectivity index (χ1n) is 7.35. The van der Waals surface area contributed by atoms with Gasteiger partial charge >= 0.3 is 0 Å². The van der Waals surface area contributed by atoms with Gasteiger partial charge in [-0.15, -0.1) is 0 Å². The molecular weight excluding hydrogens is 328 g/mol. The van der Waals surface area contributed by atoms with Gasteiger partial charge < -0.3 is 10.6 Å². The third-order valence-electron chi connectivity index (χ3n) is 2.90. The number of benzene rings is 1. The van der Waals surface area contributed by atoms with Crippen molar-refractivity contribution >= 4 is 33.3 Å². The Labute approximate surface area is 134 Å². The number of aromatic nitrogens is 2. The van der Waals surface area contributed by atoms with Gasteiger partial charge in [0.2, 0.25) is 0 Å². The van der Waals surface area contributed by atoms with Crippen LogP contribution in [0.3, 0.4) is 0 Å². The highest BCUT2D eigenvalue weighted by atomic mass is 79.9. The molecule has 0 unspecified atom stereocenters. The van der Waals surface area contributed by atoms with Crippen LogP contribution in [-0.2, 0) is 6.42 Å². The van der Waals surface area contributed by atoms with Gasteiger partial charge in [0.25, 0.3) is 0 Å². The quantitative estimate of drug-likeness (QED) is 0.757. The summed E-state index contributed by atoms with van der Waals surface area (Å²) < 4.78 is 1.04. The molecule has 0 aliphatic heterocycles. The largest absolute Gasteiger partial charge is 0.370 e. The fourth-order valence-corrected chi connectivity index (χ4v) is 2.35. The number of nitrogens with one attached hydrogen (secondary N) is 2. The lowest BCUT2D eigenvalue weighted by atomic mass is 10.3. The number of rotatable bonds is 7. The van der Waals surface area contributed by atoms with Crippen LogP contribution >= 0.6 is 15.9 Å². The summed E-state index contributed by atoms with van der Waals surface area (Å²) in [5.41, 5.74) is 1.01. The molecule has 0 aliphatic carbocycles. The second-order valence-corrected chi connectivity index (χ2v) is 5.78. The van der Waals surface area contributed by atoms with Gasteiger partial charge in [-0.1, -0.05) is 35.8 Å². The van der Waals surface area contributed by atoms with Gasteiger partial charge in [-0.25, -0.2) is 9.97 Å². The van der Waals surface area contributed by atoms with Crippen LogP contribution < -0.4 is 10.6 Å². The summed E-state index contributed by atoms with van der Waals surface area (Å²) in [5, 5.41) is 6.67. The first kappa shape index (κ1) is 15.8. The van der Waals surface area contributed by atoms with E-state index in [-0.39, 0.29) is 0 Å².